The molecule has 0 bridgehead atoms. The predicted molar refractivity (Wildman–Crippen MR) is 62.5 cm³/mol. The maximum absolute atomic E-state index is 12.0. The van der Waals surface area contributed by atoms with Crippen LogP contribution < -0.4 is 5.73 Å². The van der Waals surface area contributed by atoms with Crippen molar-refractivity contribution in [2.45, 2.75) is 4.90 Å². The number of rotatable bonds is 4. The van der Waals surface area contributed by atoms with E-state index in [-0.39, 0.29) is 23.7 Å². The number of nitrogens with zero attached hydrogens (tertiary/aromatic N) is 2. The molecule has 0 unspecified atom stereocenters. The lowest BCUT2D eigenvalue weighted by molar-refractivity contribution is 0.266. The van der Waals surface area contributed by atoms with E-state index in [0.29, 0.717) is 5.56 Å². The van der Waals surface area contributed by atoms with E-state index in [1.165, 1.54) is 25.2 Å². The average Bonchev–Trinajstić information content (AvgIpc) is 2.28. The summed E-state index contributed by atoms with van der Waals surface area (Å²) in [6.07, 6.45) is 0. The molecule has 1 rings (SSSR count). The molecule has 0 aromatic heterocycles. The fourth-order valence-corrected chi connectivity index (χ4v) is 2.54. The van der Waals surface area contributed by atoms with Crippen LogP contribution in [0.15, 0.2) is 23.1 Å². The summed E-state index contributed by atoms with van der Waals surface area (Å²) in [4.78, 5) is -0.0625. The molecule has 0 amide bonds. The van der Waals surface area contributed by atoms with E-state index in [1.54, 1.807) is 0 Å². The number of benzene rings is 1. The van der Waals surface area contributed by atoms with Gasteiger partial charge in [0.05, 0.1) is 23.9 Å². The number of sulfonamides is 1. The highest BCUT2D eigenvalue weighted by molar-refractivity contribution is 7.89. The van der Waals surface area contributed by atoms with Gasteiger partial charge in [0.1, 0.15) is 4.90 Å². The molecule has 0 aliphatic carbocycles. The number of hydrogen-bond acceptors (Lipinski definition) is 5. The van der Waals surface area contributed by atoms with E-state index in [0.717, 1.165) is 4.31 Å². The number of aliphatic hydroxyl groups is 1. The second-order valence-corrected chi connectivity index (χ2v) is 5.43. The lowest BCUT2D eigenvalue weighted by Gasteiger charge is -2.17. The van der Waals surface area contributed by atoms with Gasteiger partial charge in [0.2, 0.25) is 10.0 Å². The lowest BCUT2D eigenvalue weighted by atomic mass is 10.2. The Balaban J connectivity index is 3.21. The van der Waals surface area contributed by atoms with E-state index in [1.807, 2.05) is 6.07 Å². The Morgan fingerprint density at radius 2 is 2.18 bits per heavy atom. The first-order valence-electron chi connectivity index (χ1n) is 4.80. The van der Waals surface area contributed by atoms with E-state index in [2.05, 4.69) is 0 Å². The smallest absolute Gasteiger partial charge is 0.244 e. The molecule has 0 spiro atoms. The molecule has 0 atom stereocenters. The van der Waals surface area contributed by atoms with E-state index >= 15 is 0 Å². The zero-order valence-electron chi connectivity index (χ0n) is 9.29. The molecule has 0 saturated carbocycles. The molecule has 17 heavy (non-hydrogen) atoms. The van der Waals surface area contributed by atoms with Gasteiger partial charge in [0.25, 0.3) is 0 Å². The highest BCUT2D eigenvalue weighted by atomic mass is 32.2. The predicted octanol–water partition coefficient (Wildman–Crippen LogP) is -0.247. The first kappa shape index (κ1) is 13.4. The van der Waals surface area contributed by atoms with Gasteiger partial charge in [-0.25, -0.2) is 8.42 Å². The first-order valence-corrected chi connectivity index (χ1v) is 6.24. The molecular weight excluding hydrogens is 242 g/mol. The minimum Gasteiger partial charge on any atom is -0.398 e. The maximum Gasteiger partial charge on any atom is 0.244 e. The minimum absolute atomic E-state index is 0.0121. The van der Waals surface area contributed by atoms with Crippen molar-refractivity contribution in [1.82, 2.24) is 4.31 Å². The standard InChI is InChI=1S/C10H13N3O3S/c1-13(4-5-14)17(15,16)10-3-2-8(7-11)6-9(10)12/h2-3,6,14H,4-5,12H2,1H3. The maximum atomic E-state index is 12.0. The van der Waals surface area contributed by atoms with Crippen molar-refractivity contribution < 1.29 is 13.5 Å². The van der Waals surface area contributed by atoms with E-state index < -0.39 is 10.0 Å². The van der Waals surface area contributed by atoms with Gasteiger partial charge in [-0.05, 0) is 18.2 Å². The molecule has 1 aromatic rings. The highest BCUT2D eigenvalue weighted by Crippen LogP contribution is 2.22. The summed E-state index contributed by atoms with van der Waals surface area (Å²) in [7, 11) is -2.37. The van der Waals surface area contributed by atoms with Crippen molar-refractivity contribution in [2.24, 2.45) is 0 Å². The third-order valence-electron chi connectivity index (χ3n) is 2.24. The molecule has 7 heteroatoms. The Kier molecular flexibility index (Phi) is 4.07. The van der Waals surface area contributed by atoms with Crippen LogP contribution in [0.2, 0.25) is 0 Å². The average molecular weight is 255 g/mol. The van der Waals surface area contributed by atoms with Crippen molar-refractivity contribution in [3.05, 3.63) is 23.8 Å². The number of nitrogen functional groups attached to an aromatic ring is 1. The molecule has 0 radical (unpaired) electrons. The van der Waals surface area contributed by atoms with Gasteiger partial charge in [-0.3, -0.25) is 0 Å². The zero-order chi connectivity index (χ0) is 13.1. The molecule has 3 N–H and O–H groups in total. The van der Waals surface area contributed by atoms with Crippen LogP contribution in [-0.2, 0) is 10.0 Å². The van der Waals surface area contributed by atoms with Crippen LogP contribution >= 0.6 is 0 Å². The summed E-state index contributed by atoms with van der Waals surface area (Å²) in [6, 6.07) is 5.85. The summed E-state index contributed by atoms with van der Waals surface area (Å²) in [6.45, 7) is -0.284. The van der Waals surface area contributed by atoms with Crippen molar-refractivity contribution in [2.75, 3.05) is 25.9 Å². The number of hydrogen-bond donors (Lipinski definition) is 2. The molecule has 6 nitrogen and oxygen atoms in total. The number of aliphatic hydroxyl groups excluding tert-OH is 1. The first-order chi connectivity index (χ1) is 7.93. The van der Waals surface area contributed by atoms with Gasteiger partial charge < -0.3 is 10.8 Å². The summed E-state index contributed by atoms with van der Waals surface area (Å²) in [5.74, 6) is 0. The van der Waals surface area contributed by atoms with Crippen LogP contribution in [-0.4, -0.2) is 38.0 Å². The molecule has 0 aliphatic heterocycles. The summed E-state index contributed by atoms with van der Waals surface area (Å²) < 4.78 is 25.0. The molecule has 0 heterocycles. The summed E-state index contributed by atoms with van der Waals surface area (Å²) in [5.41, 5.74) is 5.92. The summed E-state index contributed by atoms with van der Waals surface area (Å²) in [5, 5.41) is 17.4. The minimum atomic E-state index is -3.72. The van der Waals surface area contributed by atoms with Gasteiger partial charge in [-0.2, -0.15) is 9.57 Å². The third kappa shape index (κ3) is 2.74. The Hall–Kier alpha value is -1.62. The number of likely N-dealkylation sites (N-methyl/N-ethyl adjacent to an activating group) is 1. The van der Waals surface area contributed by atoms with Crippen LogP contribution in [0.1, 0.15) is 5.56 Å². The summed E-state index contributed by atoms with van der Waals surface area (Å²) >= 11 is 0. The van der Waals surface area contributed by atoms with Gasteiger partial charge in [-0.15, -0.1) is 0 Å². The van der Waals surface area contributed by atoms with Crippen LogP contribution in [0.4, 0.5) is 5.69 Å². The van der Waals surface area contributed by atoms with Crippen LogP contribution in [0, 0.1) is 11.3 Å². The number of nitriles is 1. The van der Waals surface area contributed by atoms with Gasteiger partial charge in [0.15, 0.2) is 0 Å². The SMILES string of the molecule is CN(CCO)S(=O)(=O)c1ccc(C#N)cc1N. The Labute approximate surface area is 99.9 Å². The Morgan fingerprint density at radius 1 is 1.53 bits per heavy atom. The van der Waals surface area contributed by atoms with E-state index in [9.17, 15) is 8.42 Å². The largest absolute Gasteiger partial charge is 0.398 e. The Bertz CT molecular complexity index is 548. The fourth-order valence-electron chi connectivity index (χ4n) is 1.28. The fraction of sp³-hybridized carbons (Fsp3) is 0.300. The van der Waals surface area contributed by atoms with Crippen molar-refractivity contribution in [3.8, 4) is 6.07 Å². The van der Waals surface area contributed by atoms with Gasteiger partial charge in [0, 0.05) is 13.6 Å². The number of nitrogens with two attached hydrogens (primary N) is 1. The second kappa shape index (κ2) is 5.14. The Morgan fingerprint density at radius 3 is 2.65 bits per heavy atom. The van der Waals surface area contributed by atoms with E-state index in [4.69, 9.17) is 16.1 Å². The normalized spacial score (nSPS) is 11.4. The van der Waals surface area contributed by atoms with Crippen LogP contribution in [0.5, 0.6) is 0 Å². The van der Waals surface area contributed by atoms with Crippen LogP contribution in [0.3, 0.4) is 0 Å². The molecule has 1 aromatic carbocycles. The van der Waals surface area contributed by atoms with Gasteiger partial charge in [-0.1, -0.05) is 0 Å². The molecule has 0 fully saturated rings. The quantitative estimate of drug-likeness (QED) is 0.721. The van der Waals surface area contributed by atoms with Gasteiger partial charge >= 0.3 is 0 Å². The zero-order valence-corrected chi connectivity index (χ0v) is 10.1. The highest BCUT2D eigenvalue weighted by Gasteiger charge is 2.22. The monoisotopic (exact) mass is 255 g/mol. The lowest BCUT2D eigenvalue weighted by Crippen LogP contribution is -2.30. The number of anilines is 1. The molecule has 0 aliphatic rings. The van der Waals surface area contributed by atoms with Crippen molar-refractivity contribution in [3.63, 3.8) is 0 Å². The third-order valence-corrected chi connectivity index (χ3v) is 4.17. The topological polar surface area (TPSA) is 107 Å². The molecular formula is C10H13N3O3S. The van der Waals surface area contributed by atoms with Crippen molar-refractivity contribution in [1.29, 1.82) is 5.26 Å². The molecule has 92 valence electrons. The second-order valence-electron chi connectivity index (χ2n) is 3.41. The molecule has 0 saturated heterocycles. The van der Waals surface area contributed by atoms with Crippen molar-refractivity contribution >= 4 is 15.7 Å². The van der Waals surface area contributed by atoms with Crippen LogP contribution in [0.25, 0.3) is 0 Å².